The van der Waals surface area contributed by atoms with E-state index in [-0.39, 0.29) is 40.7 Å². The van der Waals surface area contributed by atoms with E-state index in [1.54, 1.807) is 6.08 Å². The fraction of sp³-hybridized carbons (Fsp3) is 0.367. The van der Waals surface area contributed by atoms with Crippen molar-refractivity contribution in [3.05, 3.63) is 64.3 Å². The monoisotopic (exact) mass is 506 g/mol. The minimum Gasteiger partial charge on any atom is -0.508 e. The highest BCUT2D eigenvalue weighted by atomic mass is 16.5. The molecule has 0 saturated carbocycles. The summed E-state index contributed by atoms with van der Waals surface area (Å²) in [6.45, 7) is 14.0. The number of rotatable bonds is 6. The van der Waals surface area contributed by atoms with Crippen LogP contribution in [0.25, 0.3) is 6.08 Å². The van der Waals surface area contributed by atoms with Crippen molar-refractivity contribution < 1.29 is 34.7 Å². The number of carbonyl (C=O) groups excluding carboxylic acids is 1. The fourth-order valence-corrected chi connectivity index (χ4v) is 4.83. The van der Waals surface area contributed by atoms with E-state index < -0.39 is 29.0 Å². The molecule has 4 N–H and O–H groups in total. The van der Waals surface area contributed by atoms with Crippen molar-refractivity contribution in [2.45, 2.75) is 65.6 Å². The Balaban J connectivity index is 1.92. The molecule has 2 heterocycles. The van der Waals surface area contributed by atoms with E-state index in [0.29, 0.717) is 23.3 Å². The van der Waals surface area contributed by atoms with Gasteiger partial charge in [-0.25, -0.2) is 0 Å². The molecule has 0 unspecified atom stereocenters. The summed E-state index contributed by atoms with van der Waals surface area (Å²) in [4.78, 5) is 13.4. The van der Waals surface area contributed by atoms with Crippen LogP contribution in [0.15, 0.2) is 42.0 Å². The van der Waals surface area contributed by atoms with Crippen LogP contribution in [0.4, 0.5) is 0 Å². The zero-order valence-corrected chi connectivity index (χ0v) is 21.9. The van der Waals surface area contributed by atoms with Crippen molar-refractivity contribution in [3.8, 4) is 34.5 Å². The van der Waals surface area contributed by atoms with Crippen LogP contribution in [-0.4, -0.2) is 31.8 Å². The molecule has 0 aliphatic carbocycles. The van der Waals surface area contributed by atoms with Gasteiger partial charge in [-0.05, 0) is 65.5 Å². The second-order valence-electron chi connectivity index (χ2n) is 10.7. The molecule has 2 aliphatic rings. The minimum atomic E-state index is -1.04. The van der Waals surface area contributed by atoms with Gasteiger partial charge in [-0.2, -0.15) is 0 Å². The van der Waals surface area contributed by atoms with Gasteiger partial charge in [-0.1, -0.05) is 23.8 Å². The lowest BCUT2D eigenvalue weighted by Gasteiger charge is -2.35. The van der Waals surface area contributed by atoms with E-state index in [4.69, 9.17) is 9.47 Å². The number of carbonyl (C=O) groups is 1. The summed E-state index contributed by atoms with van der Waals surface area (Å²) in [7, 11) is 0. The number of hydrogen-bond acceptors (Lipinski definition) is 7. The lowest BCUT2D eigenvalue weighted by molar-refractivity contribution is 0.0832. The van der Waals surface area contributed by atoms with Crippen molar-refractivity contribution in [3.63, 3.8) is 0 Å². The van der Waals surface area contributed by atoms with Crippen molar-refractivity contribution in [1.29, 1.82) is 0 Å². The normalized spacial score (nSPS) is 18.2. The van der Waals surface area contributed by atoms with Crippen molar-refractivity contribution in [2.75, 3.05) is 0 Å². The molecule has 0 bridgehead atoms. The van der Waals surface area contributed by atoms with E-state index in [9.17, 15) is 25.2 Å². The van der Waals surface area contributed by atoms with Crippen LogP contribution < -0.4 is 9.47 Å². The van der Waals surface area contributed by atoms with Crippen molar-refractivity contribution in [1.82, 2.24) is 0 Å². The Hall–Kier alpha value is -3.87. The molecule has 0 aromatic heterocycles. The molecule has 0 fully saturated rings. The number of fused-ring (bicyclic) bond motifs is 2. The average Bonchev–Trinajstić information content (AvgIpc) is 2.76. The predicted molar refractivity (Wildman–Crippen MR) is 142 cm³/mol. The molecule has 2 aromatic rings. The largest absolute Gasteiger partial charge is 0.508 e. The van der Waals surface area contributed by atoms with Gasteiger partial charge in [0.1, 0.15) is 51.8 Å². The first-order chi connectivity index (χ1) is 17.3. The summed E-state index contributed by atoms with van der Waals surface area (Å²) < 4.78 is 12.6. The Bertz CT molecular complexity index is 1320. The third-order valence-corrected chi connectivity index (χ3v) is 6.84. The molecule has 2 aromatic carbocycles. The number of hydrogen-bond donors (Lipinski definition) is 4. The summed E-state index contributed by atoms with van der Waals surface area (Å²) in [6.07, 6.45) is 5.62. The van der Waals surface area contributed by atoms with Gasteiger partial charge in [0, 0.05) is 17.7 Å². The molecule has 7 heteroatoms. The second kappa shape index (κ2) is 9.54. The van der Waals surface area contributed by atoms with Gasteiger partial charge in [0.05, 0.1) is 17.5 Å². The highest BCUT2D eigenvalue weighted by Crippen LogP contribution is 2.53. The van der Waals surface area contributed by atoms with Gasteiger partial charge in [0.25, 0.3) is 0 Å². The number of ether oxygens (including phenoxy) is 2. The van der Waals surface area contributed by atoms with E-state index >= 15 is 0 Å². The number of Topliss-reactive ketones (excluding diaryl/α,β-unsaturated/α-hetero) is 1. The third-order valence-electron chi connectivity index (χ3n) is 6.84. The first kappa shape index (κ1) is 26.2. The van der Waals surface area contributed by atoms with Crippen LogP contribution in [0.2, 0.25) is 0 Å². The Morgan fingerprint density at radius 2 is 1.78 bits per heavy atom. The maximum absolute atomic E-state index is 13.4. The number of allylic oxidation sites excluding steroid dienone is 3. The molecule has 196 valence electrons. The van der Waals surface area contributed by atoms with Crippen molar-refractivity contribution in [2.24, 2.45) is 5.92 Å². The fourth-order valence-electron chi connectivity index (χ4n) is 4.83. The number of phenolic OH excluding ortho intramolecular Hbond substituents is 4. The first-order valence-electron chi connectivity index (χ1n) is 12.3. The molecule has 0 spiro atoms. The summed E-state index contributed by atoms with van der Waals surface area (Å²) in [6, 6.07) is 2.16. The molecular weight excluding hydrogens is 472 g/mol. The smallest absolute Gasteiger partial charge is 0.174 e. The standard InChI is InChI=1S/C30H34O7/c1-15(2)7-8-17(16(3)4)11-20-28-19(9-10-30(5,6)37-28)27(35)26-23(34)14-24(36-29(20)26)25-21(32)12-18(31)13-22(25)33/h7,9-10,12-13,17,24,31-33,35H,3,8,11,14H2,1-2,4-6H3/t17-,24+/m1/s1. The van der Waals surface area contributed by atoms with E-state index in [2.05, 4.69) is 12.7 Å². The maximum Gasteiger partial charge on any atom is 0.174 e. The molecule has 37 heavy (non-hydrogen) atoms. The minimum absolute atomic E-state index is 0.000169. The average molecular weight is 507 g/mol. The number of aromatic hydroxyl groups is 4. The summed E-state index contributed by atoms with van der Waals surface area (Å²) >= 11 is 0. The summed E-state index contributed by atoms with van der Waals surface area (Å²) in [5.74, 6) is -1.14. The van der Waals surface area contributed by atoms with Crippen LogP contribution in [0.1, 0.15) is 80.6 Å². The number of phenols is 4. The van der Waals surface area contributed by atoms with E-state index in [1.807, 2.05) is 40.7 Å². The Morgan fingerprint density at radius 1 is 1.14 bits per heavy atom. The SMILES string of the molecule is C=C(C)[C@H](CC=C(C)C)Cc1c2c(c(O)c3c1O[C@H](c1c(O)cc(O)cc1O)CC3=O)C=CC(C)(C)O2. The van der Waals surface area contributed by atoms with Crippen LogP contribution in [-0.2, 0) is 6.42 Å². The predicted octanol–water partition coefficient (Wildman–Crippen LogP) is 6.49. The van der Waals surface area contributed by atoms with Gasteiger partial charge in [-0.3, -0.25) is 4.79 Å². The Kier molecular flexibility index (Phi) is 6.76. The highest BCUT2D eigenvalue weighted by Gasteiger charge is 2.40. The second-order valence-corrected chi connectivity index (χ2v) is 10.7. The van der Waals surface area contributed by atoms with Crippen LogP contribution in [0, 0.1) is 5.92 Å². The summed E-state index contributed by atoms with van der Waals surface area (Å²) in [5.41, 5.74) is 2.54. The van der Waals surface area contributed by atoms with Crippen LogP contribution in [0.5, 0.6) is 34.5 Å². The first-order valence-corrected chi connectivity index (χ1v) is 12.3. The Morgan fingerprint density at radius 3 is 2.38 bits per heavy atom. The lowest BCUT2D eigenvalue weighted by atomic mass is 9.84. The number of ketones is 1. The van der Waals surface area contributed by atoms with Gasteiger partial charge in [0.2, 0.25) is 0 Å². The molecule has 2 atom stereocenters. The molecule has 2 aliphatic heterocycles. The Labute approximate surface area is 217 Å². The van der Waals surface area contributed by atoms with Crippen LogP contribution >= 0.6 is 0 Å². The van der Waals surface area contributed by atoms with E-state index in [1.165, 1.54) is 5.57 Å². The zero-order valence-electron chi connectivity index (χ0n) is 21.9. The van der Waals surface area contributed by atoms with Gasteiger partial charge >= 0.3 is 0 Å². The number of benzene rings is 2. The zero-order chi connectivity index (χ0) is 27.2. The van der Waals surface area contributed by atoms with Gasteiger partial charge in [-0.15, -0.1) is 0 Å². The molecule has 7 nitrogen and oxygen atoms in total. The maximum atomic E-state index is 13.4. The van der Waals surface area contributed by atoms with Gasteiger partial charge in [0.15, 0.2) is 5.78 Å². The molecular formula is C30H34O7. The summed E-state index contributed by atoms with van der Waals surface area (Å²) in [5, 5.41) is 41.9. The molecule has 0 amide bonds. The third kappa shape index (κ3) is 5.03. The quantitative estimate of drug-likeness (QED) is 0.331. The van der Waals surface area contributed by atoms with Crippen LogP contribution in [0.3, 0.4) is 0 Å². The molecule has 0 saturated heterocycles. The lowest BCUT2D eigenvalue weighted by Crippen LogP contribution is -2.30. The molecule has 0 radical (unpaired) electrons. The highest BCUT2D eigenvalue weighted by molar-refractivity contribution is 6.05. The molecule has 4 rings (SSSR count). The van der Waals surface area contributed by atoms with Crippen molar-refractivity contribution >= 4 is 11.9 Å². The topological polar surface area (TPSA) is 116 Å². The van der Waals surface area contributed by atoms with E-state index in [0.717, 1.165) is 24.1 Å². The van der Waals surface area contributed by atoms with Gasteiger partial charge < -0.3 is 29.9 Å².